The van der Waals surface area contributed by atoms with Gasteiger partial charge in [0, 0.05) is 17.3 Å². The average molecular weight is 286 g/mol. The van der Waals surface area contributed by atoms with Crippen molar-refractivity contribution in [1.29, 1.82) is 0 Å². The molecule has 0 bridgehead atoms. The van der Waals surface area contributed by atoms with Gasteiger partial charge < -0.3 is 15.1 Å². The van der Waals surface area contributed by atoms with Crippen LogP contribution in [0.15, 0.2) is 47.1 Å². The first-order valence-electron chi connectivity index (χ1n) is 6.86. The molecule has 2 rings (SSSR count). The molecule has 0 fully saturated rings. The first-order valence-corrected chi connectivity index (χ1v) is 6.86. The number of hydrogen-bond donors (Lipinski definition) is 2. The highest BCUT2D eigenvalue weighted by Gasteiger charge is 2.12. The fourth-order valence-electron chi connectivity index (χ4n) is 1.75. The van der Waals surface area contributed by atoms with Gasteiger partial charge in [-0.2, -0.15) is 0 Å². The van der Waals surface area contributed by atoms with E-state index in [2.05, 4.69) is 10.6 Å². The molecule has 2 aromatic rings. The highest BCUT2D eigenvalue weighted by molar-refractivity contribution is 6.03. The smallest absolute Gasteiger partial charge is 0.291 e. The largest absolute Gasteiger partial charge is 0.459 e. The van der Waals surface area contributed by atoms with Gasteiger partial charge >= 0.3 is 0 Å². The summed E-state index contributed by atoms with van der Waals surface area (Å²) in [5.41, 5.74) is 1.06. The zero-order chi connectivity index (χ0) is 15.2. The lowest BCUT2D eigenvalue weighted by atomic mass is 10.1. The van der Waals surface area contributed by atoms with Gasteiger partial charge in [-0.05, 0) is 43.7 Å². The molecular weight excluding hydrogens is 268 g/mol. The van der Waals surface area contributed by atoms with E-state index in [1.165, 1.54) is 6.26 Å². The monoisotopic (exact) mass is 286 g/mol. The summed E-state index contributed by atoms with van der Waals surface area (Å²) in [6, 6.07) is 10.1. The van der Waals surface area contributed by atoms with Crippen LogP contribution in [0.4, 0.5) is 5.69 Å². The Bertz CT molecular complexity index is 620. The summed E-state index contributed by atoms with van der Waals surface area (Å²) in [5, 5.41) is 5.58. The molecule has 1 aromatic heterocycles. The molecule has 0 spiro atoms. The molecule has 1 unspecified atom stereocenters. The number of nitrogens with one attached hydrogen (secondary N) is 2. The quantitative estimate of drug-likeness (QED) is 0.887. The van der Waals surface area contributed by atoms with Crippen molar-refractivity contribution in [3.8, 4) is 0 Å². The number of amides is 2. The summed E-state index contributed by atoms with van der Waals surface area (Å²) in [7, 11) is 0. The van der Waals surface area contributed by atoms with Gasteiger partial charge in [0.05, 0.1) is 6.26 Å². The van der Waals surface area contributed by atoms with Gasteiger partial charge in [-0.15, -0.1) is 0 Å². The van der Waals surface area contributed by atoms with Crippen molar-refractivity contribution >= 4 is 17.5 Å². The molecule has 0 aliphatic carbocycles. The molecule has 1 heterocycles. The van der Waals surface area contributed by atoms with E-state index < -0.39 is 0 Å². The molecule has 21 heavy (non-hydrogen) atoms. The van der Waals surface area contributed by atoms with Crippen LogP contribution in [0.3, 0.4) is 0 Å². The SMILES string of the molecule is CCC(C)NC(=O)c1cccc(NC(=O)c2ccco2)c1. The normalized spacial score (nSPS) is 11.7. The van der Waals surface area contributed by atoms with Crippen LogP contribution in [-0.4, -0.2) is 17.9 Å². The number of benzene rings is 1. The lowest BCUT2D eigenvalue weighted by Gasteiger charge is -2.12. The highest BCUT2D eigenvalue weighted by atomic mass is 16.3. The first kappa shape index (κ1) is 14.8. The third-order valence-corrected chi connectivity index (χ3v) is 3.12. The van der Waals surface area contributed by atoms with E-state index >= 15 is 0 Å². The summed E-state index contributed by atoms with van der Waals surface area (Å²) in [5.74, 6) is -0.276. The topological polar surface area (TPSA) is 71.3 Å². The van der Waals surface area contributed by atoms with Crippen LogP contribution in [0.1, 0.15) is 41.2 Å². The number of anilines is 1. The van der Waals surface area contributed by atoms with Gasteiger partial charge in [-0.1, -0.05) is 13.0 Å². The van der Waals surface area contributed by atoms with E-state index in [0.717, 1.165) is 6.42 Å². The van der Waals surface area contributed by atoms with Gasteiger partial charge in [0.2, 0.25) is 0 Å². The van der Waals surface area contributed by atoms with E-state index in [1.54, 1.807) is 36.4 Å². The number of carbonyl (C=O) groups is 2. The van der Waals surface area contributed by atoms with E-state index in [1.807, 2.05) is 13.8 Å². The van der Waals surface area contributed by atoms with Crippen LogP contribution in [0.5, 0.6) is 0 Å². The van der Waals surface area contributed by atoms with Gasteiger partial charge in [-0.3, -0.25) is 9.59 Å². The van der Waals surface area contributed by atoms with Crippen LogP contribution in [-0.2, 0) is 0 Å². The van der Waals surface area contributed by atoms with Crippen molar-refractivity contribution in [3.05, 3.63) is 54.0 Å². The Morgan fingerprint density at radius 2 is 2.00 bits per heavy atom. The Hall–Kier alpha value is -2.56. The van der Waals surface area contributed by atoms with Crippen LogP contribution >= 0.6 is 0 Å². The van der Waals surface area contributed by atoms with Crippen molar-refractivity contribution in [1.82, 2.24) is 5.32 Å². The second-order valence-corrected chi connectivity index (χ2v) is 4.79. The molecule has 0 saturated heterocycles. The summed E-state index contributed by atoms with van der Waals surface area (Å²) in [4.78, 5) is 23.9. The van der Waals surface area contributed by atoms with Crippen molar-refractivity contribution in [2.24, 2.45) is 0 Å². The number of carbonyl (C=O) groups excluding carboxylic acids is 2. The minimum Gasteiger partial charge on any atom is -0.459 e. The van der Waals surface area contributed by atoms with Gasteiger partial charge in [0.25, 0.3) is 11.8 Å². The summed E-state index contributed by atoms with van der Waals surface area (Å²) < 4.78 is 5.02. The van der Waals surface area contributed by atoms with Gasteiger partial charge in [0.1, 0.15) is 0 Å². The standard InChI is InChI=1S/C16H18N2O3/c1-3-11(2)17-15(19)12-6-4-7-13(10-12)18-16(20)14-8-5-9-21-14/h4-11H,3H2,1-2H3,(H,17,19)(H,18,20). The average Bonchev–Trinajstić information content (AvgIpc) is 3.01. The Morgan fingerprint density at radius 3 is 2.67 bits per heavy atom. The van der Waals surface area contributed by atoms with E-state index in [-0.39, 0.29) is 23.6 Å². The number of rotatable bonds is 5. The van der Waals surface area contributed by atoms with Crippen LogP contribution in [0.2, 0.25) is 0 Å². The number of furan rings is 1. The Morgan fingerprint density at radius 1 is 1.19 bits per heavy atom. The van der Waals surface area contributed by atoms with E-state index in [9.17, 15) is 9.59 Å². The van der Waals surface area contributed by atoms with Gasteiger partial charge in [-0.25, -0.2) is 0 Å². The fraction of sp³-hybridized carbons (Fsp3) is 0.250. The van der Waals surface area contributed by atoms with Gasteiger partial charge in [0.15, 0.2) is 5.76 Å². The molecule has 1 atom stereocenters. The van der Waals surface area contributed by atoms with Crippen LogP contribution in [0, 0.1) is 0 Å². The second-order valence-electron chi connectivity index (χ2n) is 4.79. The second kappa shape index (κ2) is 6.74. The van der Waals surface area contributed by atoms with Crippen LogP contribution < -0.4 is 10.6 Å². The fourth-order valence-corrected chi connectivity index (χ4v) is 1.75. The Balaban J connectivity index is 2.07. The summed E-state index contributed by atoms with van der Waals surface area (Å²) in [6.45, 7) is 3.95. The van der Waals surface area contributed by atoms with Crippen molar-refractivity contribution in [3.63, 3.8) is 0 Å². The minimum atomic E-state index is -0.348. The van der Waals surface area contributed by atoms with E-state index in [0.29, 0.717) is 11.3 Å². The molecule has 5 heteroatoms. The molecule has 0 saturated carbocycles. The molecule has 0 aliphatic rings. The zero-order valence-electron chi connectivity index (χ0n) is 12.1. The van der Waals surface area contributed by atoms with Crippen LogP contribution in [0.25, 0.3) is 0 Å². The maximum atomic E-state index is 12.0. The molecule has 2 N–H and O–H groups in total. The minimum absolute atomic E-state index is 0.110. The molecule has 1 aromatic carbocycles. The number of hydrogen-bond acceptors (Lipinski definition) is 3. The maximum Gasteiger partial charge on any atom is 0.291 e. The van der Waals surface area contributed by atoms with E-state index in [4.69, 9.17) is 4.42 Å². The Labute approximate surface area is 123 Å². The van der Waals surface area contributed by atoms with Crippen molar-refractivity contribution < 1.29 is 14.0 Å². The summed E-state index contributed by atoms with van der Waals surface area (Å²) >= 11 is 0. The van der Waals surface area contributed by atoms with Crippen molar-refractivity contribution in [2.45, 2.75) is 26.3 Å². The molecule has 0 radical (unpaired) electrons. The summed E-state index contributed by atoms with van der Waals surface area (Å²) in [6.07, 6.45) is 2.30. The maximum absolute atomic E-state index is 12.0. The third-order valence-electron chi connectivity index (χ3n) is 3.12. The molecule has 2 amide bonds. The third kappa shape index (κ3) is 3.95. The lowest BCUT2D eigenvalue weighted by molar-refractivity contribution is 0.0937. The molecule has 110 valence electrons. The predicted octanol–water partition coefficient (Wildman–Crippen LogP) is 3.06. The van der Waals surface area contributed by atoms with Crippen molar-refractivity contribution in [2.75, 3.05) is 5.32 Å². The Kier molecular flexibility index (Phi) is 4.77. The zero-order valence-corrected chi connectivity index (χ0v) is 12.1. The predicted molar refractivity (Wildman–Crippen MR) is 80.3 cm³/mol. The molecule has 0 aliphatic heterocycles. The first-order chi connectivity index (χ1) is 10.1. The molecular formula is C16H18N2O3. The molecule has 5 nitrogen and oxygen atoms in total. The highest BCUT2D eigenvalue weighted by Crippen LogP contribution is 2.13. The lowest BCUT2D eigenvalue weighted by Crippen LogP contribution is -2.31.